The number of carbonyl (C=O) groups is 3. The van der Waals surface area contributed by atoms with Gasteiger partial charge in [-0.1, -0.05) is 72.8 Å². The van der Waals surface area contributed by atoms with Crippen molar-refractivity contribution < 1.29 is 19.3 Å². The summed E-state index contributed by atoms with van der Waals surface area (Å²) < 4.78 is 0. The van der Waals surface area contributed by atoms with E-state index in [0.717, 1.165) is 10.8 Å². The van der Waals surface area contributed by atoms with Crippen LogP contribution in [0.15, 0.2) is 84.9 Å². The predicted octanol–water partition coefficient (Wildman–Crippen LogP) is 4.93. The fourth-order valence-electron chi connectivity index (χ4n) is 7.28. The van der Waals surface area contributed by atoms with Crippen molar-refractivity contribution in [1.82, 2.24) is 4.90 Å². The summed E-state index contributed by atoms with van der Waals surface area (Å²) in [5, 5.41) is 13.2. The van der Waals surface area contributed by atoms with Crippen molar-refractivity contribution >= 4 is 33.8 Å². The molecule has 1 fully saturated rings. The van der Waals surface area contributed by atoms with Crippen LogP contribution in [-0.4, -0.2) is 40.8 Å². The van der Waals surface area contributed by atoms with Gasteiger partial charge in [-0.15, -0.1) is 0 Å². The highest BCUT2D eigenvalue weighted by Crippen LogP contribution is 2.67. The zero-order valence-electron chi connectivity index (χ0n) is 19.8. The SMILES string of the molecule is CN1C[C@@H](c2cccc([N+](=O)[O-])c2)C2(C(=O)c3ccccc3C2=O)[C@]12C(=O)c1cccc3cccc2c13. The Morgan fingerprint density at radius 1 is 0.811 bits per heavy atom. The maximum absolute atomic E-state index is 14.6. The number of Topliss-reactive ketones (excluding diaryl/α,β-unsaturated/α-hetero) is 3. The monoisotopic (exact) mass is 488 g/mol. The van der Waals surface area contributed by atoms with E-state index in [9.17, 15) is 24.5 Å². The van der Waals surface area contributed by atoms with Gasteiger partial charge in [-0.2, -0.15) is 0 Å². The van der Waals surface area contributed by atoms with E-state index < -0.39 is 33.4 Å². The van der Waals surface area contributed by atoms with Gasteiger partial charge in [-0.25, -0.2) is 0 Å². The Morgan fingerprint density at radius 3 is 2.11 bits per heavy atom. The van der Waals surface area contributed by atoms with Crippen molar-refractivity contribution in [2.45, 2.75) is 11.5 Å². The van der Waals surface area contributed by atoms with Crippen molar-refractivity contribution in [2.24, 2.45) is 5.41 Å². The van der Waals surface area contributed by atoms with E-state index in [-0.39, 0.29) is 29.1 Å². The summed E-state index contributed by atoms with van der Waals surface area (Å²) >= 11 is 0. The standard InChI is InChI=1S/C30H20N2O5/c1-31-16-24(18-9-4-10-19(15-18)32(36)37)29(26(33)20-11-2-3-12-21(20)27(29)34)30(31)23-14-6-8-17-7-5-13-22(25(17)23)28(30)35/h2-15,24H,16H2,1H3/t24-,30-/m0/s1. The number of likely N-dealkylation sites (tertiary alicyclic amines) is 1. The van der Waals surface area contributed by atoms with Crippen molar-refractivity contribution in [3.63, 3.8) is 0 Å². The van der Waals surface area contributed by atoms with E-state index in [0.29, 0.717) is 16.7 Å². The molecule has 7 heteroatoms. The van der Waals surface area contributed by atoms with Gasteiger partial charge < -0.3 is 0 Å². The molecule has 2 aliphatic carbocycles. The molecule has 0 amide bonds. The number of hydrogen-bond acceptors (Lipinski definition) is 6. The van der Waals surface area contributed by atoms with Crippen LogP contribution in [0.4, 0.5) is 5.69 Å². The van der Waals surface area contributed by atoms with E-state index in [2.05, 4.69) is 0 Å². The van der Waals surface area contributed by atoms with Crippen molar-refractivity contribution in [3.8, 4) is 0 Å². The van der Waals surface area contributed by atoms with Crippen LogP contribution < -0.4 is 0 Å². The summed E-state index contributed by atoms with van der Waals surface area (Å²) in [4.78, 5) is 56.8. The lowest BCUT2D eigenvalue weighted by molar-refractivity contribution is -0.384. The van der Waals surface area contributed by atoms with Gasteiger partial charge in [0.05, 0.1) is 4.92 Å². The average molecular weight is 488 g/mol. The zero-order chi connectivity index (χ0) is 25.7. The molecule has 0 aromatic heterocycles. The molecule has 0 radical (unpaired) electrons. The fraction of sp³-hybridized carbons (Fsp3) is 0.167. The maximum Gasteiger partial charge on any atom is 0.269 e. The summed E-state index contributed by atoms with van der Waals surface area (Å²) in [6, 6.07) is 23.9. The summed E-state index contributed by atoms with van der Waals surface area (Å²) in [6.07, 6.45) is 0. The van der Waals surface area contributed by atoms with Crippen LogP contribution in [-0.2, 0) is 5.54 Å². The minimum atomic E-state index is -1.81. The molecule has 4 aromatic rings. The lowest BCUT2D eigenvalue weighted by atomic mass is 9.57. The van der Waals surface area contributed by atoms with Gasteiger partial charge in [-0.3, -0.25) is 29.4 Å². The Balaban J connectivity index is 1.61. The fourth-order valence-corrected chi connectivity index (χ4v) is 7.28. The Hall–Kier alpha value is -4.49. The van der Waals surface area contributed by atoms with Crippen molar-refractivity contribution in [3.05, 3.63) is 123 Å². The first kappa shape index (κ1) is 21.8. The number of rotatable bonds is 2. The van der Waals surface area contributed by atoms with Crippen LogP contribution in [0.3, 0.4) is 0 Å². The number of benzene rings is 4. The number of carbonyl (C=O) groups excluding carboxylic acids is 3. The third kappa shape index (κ3) is 2.29. The molecule has 2 spiro atoms. The first-order chi connectivity index (χ1) is 17.8. The Kier molecular flexibility index (Phi) is 4.15. The Bertz CT molecular complexity index is 1700. The number of non-ortho nitro benzene ring substituents is 1. The van der Waals surface area contributed by atoms with Crippen molar-refractivity contribution in [2.75, 3.05) is 13.6 Å². The maximum atomic E-state index is 14.6. The van der Waals surface area contributed by atoms with Crippen LogP contribution in [0.2, 0.25) is 0 Å². The first-order valence-corrected chi connectivity index (χ1v) is 12.1. The highest BCUT2D eigenvalue weighted by Gasteiger charge is 2.78. The van der Waals surface area contributed by atoms with Crippen LogP contribution in [0.5, 0.6) is 0 Å². The number of likely N-dealkylation sites (N-methyl/N-ethyl adjacent to an activating group) is 1. The van der Waals surface area contributed by atoms with E-state index >= 15 is 0 Å². The van der Waals surface area contributed by atoms with Gasteiger partial charge in [0.2, 0.25) is 0 Å². The highest BCUT2D eigenvalue weighted by atomic mass is 16.6. The highest BCUT2D eigenvalue weighted by molar-refractivity contribution is 6.36. The van der Waals surface area contributed by atoms with Gasteiger partial charge >= 0.3 is 0 Å². The molecule has 0 N–H and O–H groups in total. The third-order valence-electron chi connectivity index (χ3n) is 8.61. The first-order valence-electron chi connectivity index (χ1n) is 12.1. The average Bonchev–Trinajstić information content (AvgIpc) is 3.44. The minimum absolute atomic E-state index is 0.130. The van der Waals surface area contributed by atoms with E-state index in [1.165, 1.54) is 12.1 Å². The third-order valence-corrected chi connectivity index (χ3v) is 8.61. The molecule has 3 aliphatic rings. The quantitative estimate of drug-likeness (QED) is 0.225. The molecule has 0 bridgehead atoms. The second-order valence-electron chi connectivity index (χ2n) is 10.0. The van der Waals surface area contributed by atoms with Gasteiger partial charge in [-0.05, 0) is 28.9 Å². The second kappa shape index (κ2) is 7.05. The number of nitrogens with zero attached hydrogens (tertiary/aromatic N) is 2. The molecule has 1 saturated heterocycles. The van der Waals surface area contributed by atoms with E-state index in [4.69, 9.17) is 0 Å². The predicted molar refractivity (Wildman–Crippen MR) is 136 cm³/mol. The van der Waals surface area contributed by atoms with E-state index in [1.54, 1.807) is 49.5 Å². The topological polar surface area (TPSA) is 97.6 Å². The molecule has 0 unspecified atom stereocenters. The number of fused-ring (bicyclic) bond motifs is 3. The molecule has 4 aromatic carbocycles. The number of ketones is 3. The molecule has 0 saturated carbocycles. The number of nitro benzene ring substituents is 1. The second-order valence-corrected chi connectivity index (χ2v) is 10.0. The summed E-state index contributed by atoms with van der Waals surface area (Å²) in [6.45, 7) is 0.197. The molecular weight excluding hydrogens is 468 g/mol. The molecule has 1 heterocycles. The molecular formula is C30H20N2O5. The lowest BCUT2D eigenvalue weighted by Gasteiger charge is -2.43. The van der Waals surface area contributed by atoms with Gasteiger partial charge in [0.15, 0.2) is 17.3 Å². The van der Waals surface area contributed by atoms with E-state index in [1.807, 2.05) is 35.2 Å². The molecule has 37 heavy (non-hydrogen) atoms. The molecule has 7 nitrogen and oxygen atoms in total. The smallest absolute Gasteiger partial charge is 0.269 e. The number of hydrogen-bond donors (Lipinski definition) is 0. The minimum Gasteiger partial charge on any atom is -0.293 e. The van der Waals surface area contributed by atoms with Crippen LogP contribution in [0.1, 0.15) is 48.1 Å². The molecule has 1 aliphatic heterocycles. The normalized spacial score (nSPS) is 23.5. The Labute approximate surface area is 211 Å². The van der Waals surface area contributed by atoms with Gasteiger partial charge in [0.1, 0.15) is 11.0 Å². The summed E-state index contributed by atoms with van der Waals surface area (Å²) in [7, 11) is 1.77. The summed E-state index contributed by atoms with van der Waals surface area (Å²) in [5.41, 5.74) is -1.35. The van der Waals surface area contributed by atoms with Gasteiger partial charge in [0, 0.05) is 41.3 Å². The van der Waals surface area contributed by atoms with Crippen LogP contribution >= 0.6 is 0 Å². The Morgan fingerprint density at radius 2 is 1.43 bits per heavy atom. The van der Waals surface area contributed by atoms with Gasteiger partial charge in [0.25, 0.3) is 5.69 Å². The zero-order valence-corrected chi connectivity index (χ0v) is 19.8. The van der Waals surface area contributed by atoms with Crippen LogP contribution in [0.25, 0.3) is 10.8 Å². The molecule has 2 atom stereocenters. The van der Waals surface area contributed by atoms with Crippen LogP contribution in [0, 0.1) is 15.5 Å². The van der Waals surface area contributed by atoms with Crippen molar-refractivity contribution in [1.29, 1.82) is 0 Å². The lowest BCUT2D eigenvalue weighted by Crippen LogP contribution is -2.59. The molecule has 7 rings (SSSR count). The number of nitro groups is 1. The summed E-state index contributed by atoms with van der Waals surface area (Å²) in [5.74, 6) is -1.89. The molecule has 180 valence electrons. The largest absolute Gasteiger partial charge is 0.293 e.